The number of nitrogens with zero attached hydrogens (tertiary/aromatic N) is 1. The number of hydrogen-bond donors (Lipinski definition) is 2. The van der Waals surface area contributed by atoms with Gasteiger partial charge >= 0.3 is 0 Å². The van der Waals surface area contributed by atoms with Gasteiger partial charge < -0.3 is 20.1 Å². The third kappa shape index (κ3) is 7.24. The predicted octanol–water partition coefficient (Wildman–Crippen LogP) is 6.93. The molecule has 2 N–H and O–H groups in total. The summed E-state index contributed by atoms with van der Waals surface area (Å²) in [6.45, 7) is 7.04. The summed E-state index contributed by atoms with van der Waals surface area (Å²) in [6, 6.07) is 26.7. The number of hydrogen-bond acceptors (Lipinski definition) is 5. The summed E-state index contributed by atoms with van der Waals surface area (Å²) in [5, 5.41) is 5.87. The van der Waals surface area contributed by atoms with E-state index in [1.54, 1.807) is 38.5 Å². The molecule has 0 radical (unpaired) electrons. The van der Waals surface area contributed by atoms with Crippen LogP contribution in [-0.4, -0.2) is 44.0 Å². The van der Waals surface area contributed by atoms with E-state index in [9.17, 15) is 9.59 Å². The molecule has 0 aliphatic carbocycles. The Morgan fingerprint density at radius 3 is 2.16 bits per heavy atom. The Balaban J connectivity index is 1.16. The fraction of sp³-hybridized carbons (Fsp3) is 0.278. The fourth-order valence-electron chi connectivity index (χ4n) is 5.38. The normalized spacial score (nSPS) is 12.9. The zero-order valence-electron chi connectivity index (χ0n) is 25.3. The van der Waals surface area contributed by atoms with Crippen LogP contribution in [-0.2, 0) is 19.4 Å². The number of nitrogens with one attached hydrogen (secondary N) is 2. The van der Waals surface area contributed by atoms with Crippen LogP contribution in [0.5, 0.6) is 11.5 Å². The predicted molar refractivity (Wildman–Crippen MR) is 172 cm³/mol. The smallest absolute Gasteiger partial charge is 0.257 e. The highest BCUT2D eigenvalue weighted by Gasteiger charge is 2.20. The van der Waals surface area contributed by atoms with Crippen LogP contribution >= 0.6 is 0 Å². The Morgan fingerprint density at radius 2 is 1.49 bits per heavy atom. The van der Waals surface area contributed by atoms with Crippen molar-refractivity contribution in [2.24, 2.45) is 0 Å². The average Bonchev–Trinajstić information content (AvgIpc) is 3.03. The summed E-state index contributed by atoms with van der Waals surface area (Å²) in [6.07, 6.45) is 1.89. The van der Waals surface area contributed by atoms with Gasteiger partial charge in [0.25, 0.3) is 11.8 Å². The lowest BCUT2D eigenvalue weighted by Gasteiger charge is -2.29. The van der Waals surface area contributed by atoms with Gasteiger partial charge in [-0.1, -0.05) is 50.2 Å². The highest BCUT2D eigenvalue weighted by Crippen LogP contribution is 2.33. The molecule has 1 heterocycles. The minimum Gasteiger partial charge on any atom is -0.493 e. The third-order valence-corrected chi connectivity index (χ3v) is 7.99. The number of anilines is 2. The van der Waals surface area contributed by atoms with E-state index in [2.05, 4.69) is 53.6 Å². The molecule has 1 aliphatic rings. The summed E-state index contributed by atoms with van der Waals surface area (Å²) in [5.74, 6) is 1.40. The van der Waals surface area contributed by atoms with Crippen LogP contribution < -0.4 is 20.1 Å². The Labute approximate surface area is 253 Å². The molecular weight excluding hydrogens is 538 g/mol. The van der Waals surface area contributed by atoms with Crippen molar-refractivity contribution in [2.75, 3.05) is 37.9 Å². The van der Waals surface area contributed by atoms with E-state index in [0.717, 1.165) is 44.0 Å². The molecule has 0 spiro atoms. The van der Waals surface area contributed by atoms with Gasteiger partial charge in [0.1, 0.15) is 0 Å². The summed E-state index contributed by atoms with van der Waals surface area (Å²) >= 11 is 0. The molecule has 7 nitrogen and oxygen atoms in total. The minimum atomic E-state index is -0.280. The van der Waals surface area contributed by atoms with Crippen molar-refractivity contribution in [1.82, 2.24) is 4.90 Å². The van der Waals surface area contributed by atoms with Crippen molar-refractivity contribution in [2.45, 2.75) is 39.2 Å². The first-order chi connectivity index (χ1) is 20.8. The number of amides is 2. The second kappa shape index (κ2) is 13.6. The zero-order chi connectivity index (χ0) is 30.3. The van der Waals surface area contributed by atoms with Gasteiger partial charge in [0.15, 0.2) is 11.5 Å². The molecule has 0 saturated heterocycles. The molecule has 0 atom stereocenters. The van der Waals surface area contributed by atoms with Crippen molar-refractivity contribution in [3.05, 3.63) is 118 Å². The van der Waals surface area contributed by atoms with E-state index >= 15 is 0 Å². The van der Waals surface area contributed by atoms with E-state index in [4.69, 9.17) is 9.47 Å². The largest absolute Gasteiger partial charge is 0.493 e. The Morgan fingerprint density at radius 1 is 0.814 bits per heavy atom. The van der Waals surface area contributed by atoms with Crippen LogP contribution in [0.15, 0.2) is 84.9 Å². The lowest BCUT2D eigenvalue weighted by molar-refractivity contribution is 0.102. The van der Waals surface area contributed by atoms with Crippen LogP contribution in [0.4, 0.5) is 11.4 Å². The number of fused-ring (bicyclic) bond motifs is 1. The quantitative estimate of drug-likeness (QED) is 0.214. The molecule has 2 amide bonds. The molecule has 4 aromatic rings. The molecule has 4 aromatic carbocycles. The van der Waals surface area contributed by atoms with E-state index in [0.29, 0.717) is 28.4 Å². The second-order valence-corrected chi connectivity index (χ2v) is 11.2. The van der Waals surface area contributed by atoms with E-state index in [1.807, 2.05) is 36.4 Å². The highest BCUT2D eigenvalue weighted by atomic mass is 16.5. The molecule has 0 unspecified atom stereocenters. The molecule has 0 aromatic heterocycles. The van der Waals surface area contributed by atoms with Crippen molar-refractivity contribution in [3.63, 3.8) is 0 Å². The number of methoxy groups -OCH3 is 2. The Kier molecular flexibility index (Phi) is 9.42. The van der Waals surface area contributed by atoms with Crippen LogP contribution in [0, 0.1) is 0 Å². The Hall–Kier alpha value is -4.62. The average molecular weight is 578 g/mol. The maximum absolute atomic E-state index is 13.2. The first-order valence-electron chi connectivity index (χ1n) is 14.7. The van der Waals surface area contributed by atoms with E-state index < -0.39 is 0 Å². The number of benzene rings is 4. The zero-order valence-corrected chi connectivity index (χ0v) is 25.3. The molecule has 5 rings (SSSR count). The number of carbonyl (C=O) groups is 2. The van der Waals surface area contributed by atoms with Gasteiger partial charge in [0, 0.05) is 30.9 Å². The molecular formula is C36H39N3O4. The highest BCUT2D eigenvalue weighted by molar-refractivity contribution is 6.12. The van der Waals surface area contributed by atoms with Gasteiger partial charge in [-0.05, 0) is 89.5 Å². The minimum absolute atomic E-state index is 0.254. The van der Waals surface area contributed by atoms with Gasteiger partial charge in [-0.3, -0.25) is 14.5 Å². The number of para-hydroxylation sites is 1. The SMILES string of the molecule is COc1cc2c(cc1OC)CN(CCc1ccc(NC(=O)c3ccccc3NC(=O)c3ccc(C(C)C)cc3)cc1)CC2. The molecule has 43 heavy (non-hydrogen) atoms. The molecule has 0 fully saturated rings. The molecule has 0 bridgehead atoms. The van der Waals surface area contributed by atoms with Crippen LogP contribution in [0.3, 0.4) is 0 Å². The summed E-state index contributed by atoms with van der Waals surface area (Å²) < 4.78 is 11.0. The molecule has 222 valence electrons. The number of rotatable bonds is 10. The standard InChI is InChI=1S/C36H39N3O4/c1-24(2)26-11-13-27(14-12-26)35(40)38-32-8-6-5-7-31(32)36(41)37-30-15-9-25(10-16-30)17-19-39-20-18-28-21-33(42-3)34(43-4)22-29(28)23-39/h5-16,21-22,24H,17-20,23H2,1-4H3,(H,37,41)(H,38,40). The van der Waals surface area contributed by atoms with Gasteiger partial charge in [0.05, 0.1) is 25.5 Å². The van der Waals surface area contributed by atoms with Gasteiger partial charge in [-0.15, -0.1) is 0 Å². The van der Waals surface area contributed by atoms with Crippen molar-refractivity contribution in [1.29, 1.82) is 0 Å². The summed E-state index contributed by atoms with van der Waals surface area (Å²) in [4.78, 5) is 28.5. The maximum atomic E-state index is 13.2. The van der Waals surface area contributed by atoms with Gasteiger partial charge in [-0.25, -0.2) is 0 Å². The summed E-state index contributed by atoms with van der Waals surface area (Å²) in [5.41, 5.74) is 7.08. The maximum Gasteiger partial charge on any atom is 0.257 e. The summed E-state index contributed by atoms with van der Waals surface area (Å²) in [7, 11) is 3.34. The van der Waals surface area contributed by atoms with Crippen LogP contribution in [0.1, 0.15) is 62.7 Å². The topological polar surface area (TPSA) is 79.9 Å². The van der Waals surface area contributed by atoms with Crippen molar-refractivity contribution >= 4 is 23.2 Å². The van der Waals surface area contributed by atoms with Gasteiger partial charge in [0.2, 0.25) is 0 Å². The lowest BCUT2D eigenvalue weighted by Crippen LogP contribution is -2.32. The number of carbonyl (C=O) groups excluding carboxylic acids is 2. The monoisotopic (exact) mass is 577 g/mol. The fourth-order valence-corrected chi connectivity index (χ4v) is 5.38. The van der Waals surface area contributed by atoms with Crippen LogP contribution in [0.25, 0.3) is 0 Å². The van der Waals surface area contributed by atoms with Crippen molar-refractivity contribution in [3.8, 4) is 11.5 Å². The number of ether oxygens (including phenoxy) is 2. The van der Waals surface area contributed by atoms with E-state index in [-0.39, 0.29) is 11.8 Å². The van der Waals surface area contributed by atoms with Crippen molar-refractivity contribution < 1.29 is 19.1 Å². The first-order valence-corrected chi connectivity index (χ1v) is 14.7. The van der Waals surface area contributed by atoms with E-state index in [1.165, 1.54) is 22.3 Å². The van der Waals surface area contributed by atoms with Gasteiger partial charge in [-0.2, -0.15) is 0 Å². The van der Waals surface area contributed by atoms with Crippen LogP contribution in [0.2, 0.25) is 0 Å². The second-order valence-electron chi connectivity index (χ2n) is 11.2. The molecule has 7 heteroatoms. The molecule has 0 saturated carbocycles. The Bertz CT molecular complexity index is 1580. The first kappa shape index (κ1) is 29.9. The molecule has 1 aliphatic heterocycles. The third-order valence-electron chi connectivity index (χ3n) is 7.99. The lowest BCUT2D eigenvalue weighted by atomic mass is 9.98.